The quantitative estimate of drug-likeness (QED) is 0.689. The molecule has 0 spiro atoms. The van der Waals surface area contributed by atoms with Gasteiger partial charge in [-0.25, -0.2) is 0 Å². The van der Waals surface area contributed by atoms with Crippen LogP contribution in [-0.2, 0) is 10.5 Å². The molecular weight excluding hydrogens is 268 g/mol. The summed E-state index contributed by atoms with van der Waals surface area (Å²) in [6, 6.07) is 10.7. The maximum Gasteiger partial charge on any atom is 0.237 e. The first-order chi connectivity index (χ1) is 9.44. The summed E-state index contributed by atoms with van der Waals surface area (Å²) < 4.78 is 0. The lowest BCUT2D eigenvalue weighted by atomic mass is 9.94. The van der Waals surface area contributed by atoms with Crippen molar-refractivity contribution in [1.82, 2.24) is 5.32 Å². The van der Waals surface area contributed by atoms with Crippen LogP contribution in [0.3, 0.4) is 0 Å². The predicted molar refractivity (Wildman–Crippen MR) is 87.7 cm³/mol. The minimum atomic E-state index is -0.596. The molecule has 0 aliphatic carbocycles. The first-order valence-corrected chi connectivity index (χ1v) is 8.29. The van der Waals surface area contributed by atoms with Crippen LogP contribution in [0.2, 0.25) is 0 Å². The number of amides is 1. The van der Waals surface area contributed by atoms with Crippen molar-refractivity contribution in [3.05, 3.63) is 35.9 Å². The van der Waals surface area contributed by atoms with E-state index in [1.165, 1.54) is 5.56 Å². The zero-order chi connectivity index (χ0) is 15.0. The summed E-state index contributed by atoms with van der Waals surface area (Å²) in [5.74, 6) is 1.79. The Hall–Kier alpha value is -1.00. The molecule has 1 unspecified atom stereocenters. The van der Waals surface area contributed by atoms with Gasteiger partial charge in [-0.15, -0.1) is 0 Å². The molecule has 0 radical (unpaired) electrons. The van der Waals surface area contributed by atoms with Gasteiger partial charge in [0.05, 0.1) is 5.54 Å². The van der Waals surface area contributed by atoms with Gasteiger partial charge in [0, 0.05) is 11.8 Å². The molecule has 3 N–H and O–H groups in total. The molecule has 20 heavy (non-hydrogen) atoms. The fourth-order valence-electron chi connectivity index (χ4n) is 2.20. The number of rotatable bonds is 9. The fraction of sp³-hybridized carbons (Fsp3) is 0.562. The van der Waals surface area contributed by atoms with Gasteiger partial charge >= 0.3 is 0 Å². The van der Waals surface area contributed by atoms with Crippen LogP contribution < -0.4 is 11.1 Å². The number of carbonyl (C=O) groups excluding carboxylic acids is 1. The van der Waals surface area contributed by atoms with E-state index in [1.807, 2.05) is 38.6 Å². The second-order valence-electron chi connectivity index (χ2n) is 5.64. The monoisotopic (exact) mass is 294 g/mol. The van der Waals surface area contributed by atoms with Crippen molar-refractivity contribution >= 4 is 17.7 Å². The molecule has 4 heteroatoms. The van der Waals surface area contributed by atoms with Gasteiger partial charge in [-0.2, -0.15) is 11.8 Å². The molecule has 1 rings (SSSR count). The van der Waals surface area contributed by atoms with E-state index in [9.17, 15) is 4.79 Å². The van der Waals surface area contributed by atoms with Crippen LogP contribution in [0.4, 0.5) is 0 Å². The van der Waals surface area contributed by atoms with E-state index in [0.29, 0.717) is 0 Å². The lowest BCUT2D eigenvalue weighted by molar-refractivity contribution is -0.124. The SMILES string of the molecule is CC(C)NC(C)(CCCSCc1ccccc1)C(N)=O. The van der Waals surface area contributed by atoms with Gasteiger partial charge in [0.2, 0.25) is 5.91 Å². The van der Waals surface area contributed by atoms with Gasteiger partial charge in [0.25, 0.3) is 0 Å². The third-order valence-electron chi connectivity index (χ3n) is 3.23. The molecule has 0 saturated heterocycles. The van der Waals surface area contributed by atoms with E-state index in [0.717, 1.165) is 24.3 Å². The van der Waals surface area contributed by atoms with E-state index in [4.69, 9.17) is 5.73 Å². The minimum absolute atomic E-state index is 0.254. The lowest BCUT2D eigenvalue weighted by Crippen LogP contribution is -2.55. The summed E-state index contributed by atoms with van der Waals surface area (Å²) in [5, 5.41) is 3.28. The smallest absolute Gasteiger partial charge is 0.237 e. The van der Waals surface area contributed by atoms with Crippen LogP contribution in [0.1, 0.15) is 39.2 Å². The molecule has 0 heterocycles. The highest BCUT2D eigenvalue weighted by atomic mass is 32.2. The maximum atomic E-state index is 11.6. The number of hydrogen-bond acceptors (Lipinski definition) is 3. The lowest BCUT2D eigenvalue weighted by Gasteiger charge is -2.29. The Kier molecular flexibility index (Phi) is 7.10. The fourth-order valence-corrected chi connectivity index (χ4v) is 3.12. The van der Waals surface area contributed by atoms with Crippen molar-refractivity contribution in [3.8, 4) is 0 Å². The van der Waals surface area contributed by atoms with Crippen LogP contribution in [0.15, 0.2) is 30.3 Å². The molecule has 0 aliphatic heterocycles. The number of benzene rings is 1. The molecule has 0 aromatic heterocycles. The van der Waals surface area contributed by atoms with Crippen molar-refractivity contribution in [2.75, 3.05) is 5.75 Å². The predicted octanol–water partition coefficient (Wildman–Crippen LogP) is 2.94. The summed E-state index contributed by atoms with van der Waals surface area (Å²) in [7, 11) is 0. The topological polar surface area (TPSA) is 55.1 Å². The molecule has 1 amide bonds. The highest BCUT2D eigenvalue weighted by Crippen LogP contribution is 2.18. The van der Waals surface area contributed by atoms with E-state index < -0.39 is 5.54 Å². The minimum Gasteiger partial charge on any atom is -0.368 e. The Balaban J connectivity index is 2.29. The Morgan fingerprint density at radius 1 is 1.35 bits per heavy atom. The molecule has 1 aromatic rings. The average molecular weight is 294 g/mol. The van der Waals surface area contributed by atoms with Gasteiger partial charge in [-0.05, 0) is 44.9 Å². The summed E-state index contributed by atoms with van der Waals surface area (Å²) >= 11 is 1.90. The summed E-state index contributed by atoms with van der Waals surface area (Å²) in [5.41, 5.74) is 6.26. The summed E-state index contributed by atoms with van der Waals surface area (Å²) in [6.07, 6.45) is 1.76. The molecule has 0 fully saturated rings. The van der Waals surface area contributed by atoms with Crippen LogP contribution in [-0.4, -0.2) is 23.2 Å². The van der Waals surface area contributed by atoms with Gasteiger partial charge in [-0.3, -0.25) is 4.79 Å². The molecule has 0 saturated carbocycles. The Morgan fingerprint density at radius 2 is 2.00 bits per heavy atom. The molecular formula is C16H26N2OS. The van der Waals surface area contributed by atoms with E-state index in [2.05, 4.69) is 29.6 Å². The van der Waals surface area contributed by atoms with Crippen molar-refractivity contribution < 1.29 is 4.79 Å². The Morgan fingerprint density at radius 3 is 2.55 bits per heavy atom. The largest absolute Gasteiger partial charge is 0.368 e. The third-order valence-corrected chi connectivity index (χ3v) is 4.34. The normalized spacial score (nSPS) is 14.2. The maximum absolute atomic E-state index is 11.6. The standard InChI is InChI=1S/C16H26N2OS/c1-13(2)18-16(3,15(17)19)10-7-11-20-12-14-8-5-4-6-9-14/h4-6,8-9,13,18H,7,10-12H2,1-3H3,(H2,17,19). The Bertz CT molecular complexity index is 408. The van der Waals surface area contributed by atoms with Gasteiger partial charge in [-0.1, -0.05) is 30.3 Å². The van der Waals surface area contributed by atoms with E-state index in [1.54, 1.807) is 0 Å². The summed E-state index contributed by atoms with van der Waals surface area (Å²) in [4.78, 5) is 11.6. The number of primary amides is 1. The number of hydrogen-bond donors (Lipinski definition) is 2. The summed E-state index contributed by atoms with van der Waals surface area (Å²) in [6.45, 7) is 5.97. The Labute approximate surface area is 126 Å². The van der Waals surface area contributed by atoms with Crippen LogP contribution in [0.25, 0.3) is 0 Å². The molecule has 1 aromatic carbocycles. The first kappa shape index (κ1) is 17.1. The second-order valence-corrected chi connectivity index (χ2v) is 6.74. The first-order valence-electron chi connectivity index (χ1n) is 7.13. The van der Waals surface area contributed by atoms with Crippen LogP contribution >= 0.6 is 11.8 Å². The molecule has 0 bridgehead atoms. The van der Waals surface area contributed by atoms with Crippen molar-refractivity contribution in [3.63, 3.8) is 0 Å². The molecule has 0 aliphatic rings. The highest BCUT2D eigenvalue weighted by Gasteiger charge is 2.30. The van der Waals surface area contributed by atoms with Gasteiger partial charge in [0.1, 0.15) is 0 Å². The van der Waals surface area contributed by atoms with E-state index in [-0.39, 0.29) is 11.9 Å². The molecule has 112 valence electrons. The number of thioether (sulfide) groups is 1. The van der Waals surface area contributed by atoms with E-state index >= 15 is 0 Å². The van der Waals surface area contributed by atoms with Crippen molar-refractivity contribution in [2.24, 2.45) is 5.73 Å². The number of nitrogens with two attached hydrogens (primary N) is 1. The number of nitrogens with one attached hydrogen (secondary N) is 1. The zero-order valence-electron chi connectivity index (χ0n) is 12.7. The highest BCUT2D eigenvalue weighted by molar-refractivity contribution is 7.98. The third kappa shape index (κ3) is 5.97. The number of carbonyl (C=O) groups is 1. The zero-order valence-corrected chi connectivity index (χ0v) is 13.5. The van der Waals surface area contributed by atoms with Crippen LogP contribution in [0.5, 0.6) is 0 Å². The average Bonchev–Trinajstić information content (AvgIpc) is 2.38. The molecule has 3 nitrogen and oxygen atoms in total. The van der Waals surface area contributed by atoms with Crippen LogP contribution in [0, 0.1) is 0 Å². The van der Waals surface area contributed by atoms with Gasteiger partial charge in [0.15, 0.2) is 0 Å². The molecule has 1 atom stereocenters. The van der Waals surface area contributed by atoms with Crippen molar-refractivity contribution in [1.29, 1.82) is 0 Å². The van der Waals surface area contributed by atoms with Crippen molar-refractivity contribution in [2.45, 2.75) is 50.9 Å². The van der Waals surface area contributed by atoms with Gasteiger partial charge < -0.3 is 11.1 Å². The second kappa shape index (κ2) is 8.32.